The predicted molar refractivity (Wildman–Crippen MR) is 273 cm³/mol. The topological polar surface area (TPSA) is 306 Å². The number of unbranched alkanes of at least 4 members (excludes halogenated alkanes) is 20. The lowest BCUT2D eigenvalue weighted by Crippen LogP contribution is -2.36. The third kappa shape index (κ3) is 30.5. The number of aromatic nitrogens is 2. The Labute approximate surface area is 427 Å². The first kappa shape index (κ1) is 65.3. The highest BCUT2D eigenvalue weighted by molar-refractivity contribution is 7.61. The lowest BCUT2D eigenvalue weighted by atomic mass is 10.0. The summed E-state index contributed by atoms with van der Waals surface area (Å²) in [4.78, 5) is 62.0. The van der Waals surface area contributed by atoms with E-state index in [1.165, 1.54) is 44.6 Å². The minimum absolute atomic E-state index is 0.0482. The summed E-state index contributed by atoms with van der Waals surface area (Å²) in [6.45, 7) is 1.95. The Kier molecular flexibility index (Phi) is 35.1. The summed E-state index contributed by atoms with van der Waals surface area (Å²) in [6, 6.07) is 1.24. The van der Waals surface area contributed by atoms with Crippen molar-refractivity contribution >= 4 is 33.4 Å². The average Bonchev–Trinajstić information content (AvgIpc) is 3.61. The molecule has 416 valence electrons. The number of nitrogens with two attached hydrogens (primary N) is 1. The van der Waals surface area contributed by atoms with E-state index in [0.29, 0.717) is 38.5 Å². The number of nitrogens with zero attached hydrogens (tertiary/aromatic N) is 2. The van der Waals surface area contributed by atoms with E-state index < -0.39 is 95.9 Å². The van der Waals surface area contributed by atoms with Gasteiger partial charge >= 0.3 is 33.3 Å². The van der Waals surface area contributed by atoms with Gasteiger partial charge in [0.2, 0.25) is 0 Å². The van der Waals surface area contributed by atoms with Gasteiger partial charge in [-0.1, -0.05) is 141 Å². The molecule has 0 aliphatic carbocycles. The maximum atomic E-state index is 12.9. The van der Waals surface area contributed by atoms with Crippen LogP contribution in [0, 0.1) is 0 Å². The zero-order valence-electron chi connectivity index (χ0n) is 43.0. The van der Waals surface area contributed by atoms with Gasteiger partial charge in [0.05, 0.1) is 25.4 Å². The van der Waals surface area contributed by atoms with Crippen molar-refractivity contribution in [2.24, 2.45) is 0 Å². The normalized spacial score (nSPS) is 20.1. The number of aliphatic hydroxyl groups is 4. The molecule has 1 aliphatic rings. The number of aliphatic hydroxyl groups excluding tert-OH is 4. The van der Waals surface area contributed by atoms with Gasteiger partial charge < -0.3 is 50.2 Å². The summed E-state index contributed by atoms with van der Waals surface area (Å²) < 4.78 is 56.7. The third-order valence-electron chi connectivity index (χ3n) is 12.2. The van der Waals surface area contributed by atoms with Crippen LogP contribution in [0.15, 0.2) is 41.4 Å². The monoisotopic (exact) mass is 1070 g/mol. The molecule has 0 saturated carbocycles. The van der Waals surface area contributed by atoms with Gasteiger partial charge in [-0.05, 0) is 70.3 Å². The highest BCUT2D eigenvalue weighted by Crippen LogP contribution is 2.60. The van der Waals surface area contributed by atoms with Crippen molar-refractivity contribution in [2.75, 3.05) is 25.6 Å². The Bertz CT molecular complexity index is 1840. The molecule has 1 aromatic rings. The lowest BCUT2D eigenvalue weighted by Gasteiger charge is -2.21. The van der Waals surface area contributed by atoms with Crippen molar-refractivity contribution in [2.45, 2.75) is 236 Å². The van der Waals surface area contributed by atoms with Gasteiger partial charge in [0.25, 0.3) is 0 Å². The number of phosphoric acid groups is 2. The molecule has 20 nitrogen and oxygen atoms in total. The van der Waals surface area contributed by atoms with Crippen molar-refractivity contribution in [1.82, 2.24) is 9.55 Å². The molecule has 2 heterocycles. The van der Waals surface area contributed by atoms with E-state index in [9.17, 15) is 53.7 Å². The van der Waals surface area contributed by atoms with Crippen LogP contribution in [0.4, 0.5) is 5.82 Å². The van der Waals surface area contributed by atoms with Crippen LogP contribution in [0.2, 0.25) is 0 Å². The van der Waals surface area contributed by atoms with Crippen molar-refractivity contribution in [1.29, 1.82) is 0 Å². The Morgan fingerprint density at radius 2 is 1.22 bits per heavy atom. The molecule has 22 heteroatoms. The van der Waals surface area contributed by atoms with E-state index in [1.807, 2.05) is 12.2 Å². The number of hydrogen-bond acceptors (Lipinski definition) is 17. The molecule has 0 spiro atoms. The summed E-state index contributed by atoms with van der Waals surface area (Å²) in [6.07, 6.45) is 25.5. The second kappa shape index (κ2) is 38.7. The second-order valence-corrected chi connectivity index (χ2v) is 21.7. The van der Waals surface area contributed by atoms with E-state index in [1.54, 1.807) is 0 Å². The first-order chi connectivity index (χ1) is 34.5. The predicted octanol–water partition coefficient (Wildman–Crippen LogP) is 8.95. The first-order valence-electron chi connectivity index (χ1n) is 26.5. The Morgan fingerprint density at radius 1 is 0.708 bits per heavy atom. The van der Waals surface area contributed by atoms with Crippen LogP contribution in [-0.2, 0) is 46.3 Å². The summed E-state index contributed by atoms with van der Waals surface area (Å²) >= 11 is 0. The van der Waals surface area contributed by atoms with Gasteiger partial charge in [0.1, 0.15) is 30.7 Å². The van der Waals surface area contributed by atoms with Crippen molar-refractivity contribution in [3.05, 3.63) is 47.1 Å². The van der Waals surface area contributed by atoms with Gasteiger partial charge in [0, 0.05) is 19.0 Å². The molecule has 9 atom stereocenters. The number of carbonyl (C=O) groups excluding carboxylic acids is 2. The molecule has 2 rings (SSSR count). The molecule has 72 heavy (non-hydrogen) atoms. The van der Waals surface area contributed by atoms with E-state index in [2.05, 4.69) is 35.3 Å². The second-order valence-electron chi connectivity index (χ2n) is 18.7. The van der Waals surface area contributed by atoms with Gasteiger partial charge in [-0.3, -0.25) is 23.2 Å². The lowest BCUT2D eigenvalue weighted by molar-refractivity contribution is -0.161. The number of phosphoric ester groups is 2. The summed E-state index contributed by atoms with van der Waals surface area (Å²) in [7, 11) is -10.9. The number of esters is 2. The fraction of sp³-hybridized carbons (Fsp3) is 0.800. The molecule has 1 aliphatic heterocycles. The highest BCUT2D eigenvalue weighted by atomic mass is 31.3. The average molecular weight is 1070 g/mol. The number of hydrogen-bond donors (Lipinski definition) is 7. The Morgan fingerprint density at radius 3 is 1.83 bits per heavy atom. The number of rotatable bonds is 44. The quantitative estimate of drug-likeness (QED) is 0.0139. The van der Waals surface area contributed by atoms with Crippen LogP contribution in [0.25, 0.3) is 0 Å². The molecule has 2 unspecified atom stereocenters. The van der Waals surface area contributed by atoms with Crippen molar-refractivity contribution < 1.29 is 76.5 Å². The van der Waals surface area contributed by atoms with E-state index in [0.717, 1.165) is 101 Å². The number of nitrogen functional groups attached to an aromatic ring is 1. The van der Waals surface area contributed by atoms with Crippen molar-refractivity contribution in [3.63, 3.8) is 0 Å². The van der Waals surface area contributed by atoms with Crippen molar-refractivity contribution in [3.8, 4) is 0 Å². The summed E-state index contributed by atoms with van der Waals surface area (Å²) in [5, 5.41) is 41.5. The molecular formula is C50H89N3O17P2. The van der Waals surface area contributed by atoms with Crippen LogP contribution in [-0.4, -0.2) is 108 Å². The summed E-state index contributed by atoms with van der Waals surface area (Å²) in [5.74, 6) is -1.42. The molecular weight excluding hydrogens is 977 g/mol. The fourth-order valence-corrected chi connectivity index (χ4v) is 10.0. The molecule has 0 aromatic carbocycles. The fourth-order valence-electron chi connectivity index (χ4n) is 7.92. The SMILES string of the molecule is CCCCC/C=C\C[C@H](O)[C@@H](O)CCCCCCCC(=O)O[C@H](COC(=O)CCCCCCCCC/C=C\CCCCCCCC)COP(=O)(O)OP(=O)(O)OC[C@H]1O[C@@H](n2ccc(N)nc2=O)[C@H](O)[C@@H]1O. The minimum atomic E-state index is -5.46. The summed E-state index contributed by atoms with van der Waals surface area (Å²) in [5.41, 5.74) is 4.57. The number of anilines is 1. The van der Waals surface area contributed by atoms with Gasteiger partial charge in [-0.2, -0.15) is 9.29 Å². The molecule has 1 aromatic heterocycles. The van der Waals surface area contributed by atoms with Crippen LogP contribution in [0.5, 0.6) is 0 Å². The van der Waals surface area contributed by atoms with Crippen LogP contribution in [0.3, 0.4) is 0 Å². The maximum Gasteiger partial charge on any atom is 0.481 e. The van der Waals surface area contributed by atoms with Crippen LogP contribution < -0.4 is 11.4 Å². The number of carbonyl (C=O) groups is 2. The smallest absolute Gasteiger partial charge is 0.462 e. The standard InChI is InChI=1S/C50H89N3O17P2/c1-3-5-7-9-11-12-13-14-15-16-17-18-19-20-21-25-29-33-45(56)65-37-40(68-46(57)34-30-26-22-24-28-32-42(55)41(54)31-27-23-10-8-6-4-2)38-66-71(61,62)70-72(63,64)67-39-43-47(58)48(59)49(69-43)53-36-35-44(51)52-50(53)60/h14-15,23,27,35-36,40-43,47-49,54-55,58-59H,3-13,16-22,24-26,28-34,37-39H2,1-2H3,(H,61,62)(H,63,64)(H2,51,52,60)/b15-14-,27-23-/t40-,41+,42+,43-,47-,48-,49-/m1/s1. The van der Waals surface area contributed by atoms with E-state index >= 15 is 0 Å². The molecule has 0 bridgehead atoms. The Balaban J connectivity index is 1.82. The van der Waals surface area contributed by atoms with Gasteiger partial charge in [-0.15, -0.1) is 0 Å². The van der Waals surface area contributed by atoms with E-state index in [4.69, 9.17) is 29.0 Å². The van der Waals surface area contributed by atoms with Gasteiger partial charge in [-0.25, -0.2) is 13.9 Å². The maximum absolute atomic E-state index is 12.9. The molecule has 8 N–H and O–H groups in total. The molecule has 1 fully saturated rings. The molecule has 0 radical (unpaired) electrons. The molecule has 1 saturated heterocycles. The molecule has 0 amide bonds. The van der Waals surface area contributed by atoms with Gasteiger partial charge in [0.15, 0.2) is 12.3 Å². The zero-order valence-corrected chi connectivity index (χ0v) is 44.8. The number of ether oxygens (including phenoxy) is 3. The van der Waals surface area contributed by atoms with Crippen LogP contribution >= 0.6 is 15.6 Å². The minimum Gasteiger partial charge on any atom is -0.462 e. The largest absolute Gasteiger partial charge is 0.481 e. The first-order valence-corrected chi connectivity index (χ1v) is 29.5. The number of allylic oxidation sites excluding steroid dienone is 3. The highest BCUT2D eigenvalue weighted by Gasteiger charge is 2.46. The Hall–Kier alpha value is -2.84. The van der Waals surface area contributed by atoms with Crippen LogP contribution in [0.1, 0.15) is 200 Å². The van der Waals surface area contributed by atoms with E-state index in [-0.39, 0.29) is 18.7 Å². The third-order valence-corrected chi connectivity index (χ3v) is 14.8. The zero-order chi connectivity index (χ0) is 53.0.